The summed E-state index contributed by atoms with van der Waals surface area (Å²) in [6.07, 6.45) is 0.0253. The van der Waals surface area contributed by atoms with Gasteiger partial charge in [-0.05, 0) is 25.8 Å². The van der Waals surface area contributed by atoms with Gasteiger partial charge in [0.2, 0.25) is 0 Å². The van der Waals surface area contributed by atoms with Crippen LogP contribution < -0.4 is 17.2 Å². The minimum absolute atomic E-state index is 0.0115. The van der Waals surface area contributed by atoms with Gasteiger partial charge in [0.1, 0.15) is 6.04 Å². The van der Waals surface area contributed by atoms with Crippen LogP contribution in [-0.2, 0) is 14.4 Å². The molecule has 8 N–H and O–H groups in total. The van der Waals surface area contributed by atoms with Crippen molar-refractivity contribution in [2.45, 2.75) is 37.8 Å². The molecule has 19 heavy (non-hydrogen) atoms. The molecule has 0 saturated carbocycles. The summed E-state index contributed by atoms with van der Waals surface area (Å²) in [6, 6.07) is -2.10. The van der Waals surface area contributed by atoms with E-state index < -0.39 is 29.9 Å². The van der Waals surface area contributed by atoms with Gasteiger partial charge in [-0.25, -0.2) is 0 Å². The van der Waals surface area contributed by atoms with E-state index >= 15 is 0 Å². The van der Waals surface area contributed by atoms with Gasteiger partial charge in [-0.1, -0.05) is 0 Å². The molecule has 0 aromatic heterocycles. The summed E-state index contributed by atoms with van der Waals surface area (Å²) in [4.78, 5) is 33.1. The van der Waals surface area contributed by atoms with E-state index in [-0.39, 0.29) is 38.0 Å². The maximum absolute atomic E-state index is 12.0. The summed E-state index contributed by atoms with van der Waals surface area (Å²) in [5.74, 6) is -3.28. The Morgan fingerprint density at radius 3 is 2.00 bits per heavy atom. The van der Waals surface area contributed by atoms with Crippen LogP contribution in [-0.4, -0.2) is 46.6 Å². The summed E-state index contributed by atoms with van der Waals surface area (Å²) in [6.45, 7) is 0.203. The number of carbonyl (C=O) groups excluding carboxylic acids is 1. The minimum atomic E-state index is -1.20. The summed E-state index contributed by atoms with van der Waals surface area (Å²) in [5, 5.41) is 17.2. The second-order valence-corrected chi connectivity index (χ2v) is 4.40. The van der Waals surface area contributed by atoms with E-state index in [9.17, 15) is 14.4 Å². The summed E-state index contributed by atoms with van der Waals surface area (Å²) in [7, 11) is 0. The Morgan fingerprint density at radius 2 is 1.58 bits per heavy atom. The van der Waals surface area contributed by atoms with Gasteiger partial charge in [0.25, 0.3) is 0 Å². The lowest BCUT2D eigenvalue weighted by molar-refractivity contribution is -0.139. The molecule has 0 aromatic carbocycles. The first kappa shape index (κ1) is 17.5. The van der Waals surface area contributed by atoms with E-state index in [1.807, 2.05) is 0 Å². The summed E-state index contributed by atoms with van der Waals surface area (Å²) < 4.78 is 0. The van der Waals surface area contributed by atoms with Crippen LogP contribution in [0.2, 0.25) is 0 Å². The lowest BCUT2D eigenvalue weighted by Gasteiger charge is -2.20. The molecule has 8 heteroatoms. The van der Waals surface area contributed by atoms with Crippen LogP contribution in [0.4, 0.5) is 0 Å². The van der Waals surface area contributed by atoms with Crippen molar-refractivity contribution in [3.63, 3.8) is 0 Å². The Kier molecular flexibility index (Phi) is 7.89. The topological polar surface area (TPSA) is 170 Å². The van der Waals surface area contributed by atoms with E-state index in [2.05, 4.69) is 0 Å². The highest BCUT2D eigenvalue weighted by molar-refractivity contribution is 5.87. The molecule has 0 spiro atoms. The summed E-state index contributed by atoms with van der Waals surface area (Å²) in [5.41, 5.74) is 16.4. The Bertz CT molecular complexity index is 334. The average molecular weight is 275 g/mol. The number of rotatable bonds is 10. The number of hydrogen-bond acceptors (Lipinski definition) is 6. The molecule has 0 aliphatic heterocycles. The van der Waals surface area contributed by atoms with Crippen LogP contribution in [0, 0.1) is 5.92 Å². The Morgan fingerprint density at radius 1 is 1.00 bits per heavy atom. The van der Waals surface area contributed by atoms with Crippen LogP contribution in [0.25, 0.3) is 0 Å². The minimum Gasteiger partial charge on any atom is -0.481 e. The van der Waals surface area contributed by atoms with E-state index in [4.69, 9.17) is 27.4 Å². The van der Waals surface area contributed by atoms with Crippen molar-refractivity contribution in [2.75, 3.05) is 6.54 Å². The first-order valence-corrected chi connectivity index (χ1v) is 5.99. The van der Waals surface area contributed by atoms with Crippen LogP contribution in [0.1, 0.15) is 25.7 Å². The highest BCUT2D eigenvalue weighted by atomic mass is 16.4. The van der Waals surface area contributed by atoms with E-state index in [1.165, 1.54) is 0 Å². The highest BCUT2D eigenvalue weighted by Crippen LogP contribution is 2.15. The Balaban J connectivity index is 4.54. The molecule has 0 amide bonds. The van der Waals surface area contributed by atoms with Crippen LogP contribution >= 0.6 is 0 Å². The third-order valence-corrected chi connectivity index (χ3v) is 2.81. The van der Waals surface area contributed by atoms with Gasteiger partial charge in [-0.3, -0.25) is 14.4 Å². The van der Waals surface area contributed by atoms with Crippen molar-refractivity contribution in [3.8, 4) is 0 Å². The molecule has 0 fully saturated rings. The average Bonchev–Trinajstić information content (AvgIpc) is 2.34. The van der Waals surface area contributed by atoms with Crippen molar-refractivity contribution < 1.29 is 24.6 Å². The molecule has 3 atom stereocenters. The summed E-state index contributed by atoms with van der Waals surface area (Å²) >= 11 is 0. The van der Waals surface area contributed by atoms with Gasteiger partial charge in [-0.15, -0.1) is 0 Å². The third-order valence-electron chi connectivity index (χ3n) is 2.81. The fraction of sp³-hybridized carbons (Fsp3) is 0.727. The molecule has 0 heterocycles. The van der Waals surface area contributed by atoms with Crippen molar-refractivity contribution in [1.82, 2.24) is 0 Å². The van der Waals surface area contributed by atoms with Gasteiger partial charge in [0.05, 0.1) is 6.04 Å². The number of aliphatic carboxylic acids is 2. The standard InChI is InChI=1S/C11H21N3O5/c12-4-3-6(5-8(14)11(18)19)10(17)7(13)1-2-9(15)16/h6-8H,1-5,12-14H2,(H,15,16)(H,18,19). The number of hydrogen-bond donors (Lipinski definition) is 5. The number of Topliss-reactive ketones (excluding diaryl/α,β-unsaturated/α-hetero) is 1. The molecule has 110 valence electrons. The maximum atomic E-state index is 12.0. The third kappa shape index (κ3) is 6.85. The van der Waals surface area contributed by atoms with Crippen molar-refractivity contribution >= 4 is 17.7 Å². The molecule has 0 rings (SSSR count). The van der Waals surface area contributed by atoms with Gasteiger partial charge in [0.15, 0.2) is 5.78 Å². The van der Waals surface area contributed by atoms with Gasteiger partial charge in [0, 0.05) is 12.3 Å². The van der Waals surface area contributed by atoms with E-state index in [1.54, 1.807) is 0 Å². The van der Waals surface area contributed by atoms with Crippen LogP contribution in [0.5, 0.6) is 0 Å². The second-order valence-electron chi connectivity index (χ2n) is 4.40. The lowest BCUT2D eigenvalue weighted by atomic mass is 9.88. The number of carboxylic acid groups (broad SMARTS) is 2. The Hall–Kier alpha value is -1.51. The van der Waals surface area contributed by atoms with Crippen LogP contribution in [0.3, 0.4) is 0 Å². The Labute approximate surface area is 110 Å². The zero-order valence-corrected chi connectivity index (χ0v) is 10.6. The molecule has 3 unspecified atom stereocenters. The number of ketones is 1. The molecular formula is C11H21N3O5. The van der Waals surface area contributed by atoms with E-state index in [0.29, 0.717) is 0 Å². The molecule has 0 aromatic rings. The zero-order chi connectivity index (χ0) is 15.0. The molecule has 0 aliphatic rings. The molecule has 0 radical (unpaired) electrons. The predicted molar refractivity (Wildman–Crippen MR) is 67.2 cm³/mol. The first-order chi connectivity index (χ1) is 8.79. The van der Waals surface area contributed by atoms with Crippen molar-refractivity contribution in [1.29, 1.82) is 0 Å². The lowest BCUT2D eigenvalue weighted by Crippen LogP contribution is -2.41. The fourth-order valence-electron chi connectivity index (χ4n) is 1.71. The largest absolute Gasteiger partial charge is 0.481 e. The van der Waals surface area contributed by atoms with Crippen molar-refractivity contribution in [3.05, 3.63) is 0 Å². The predicted octanol–water partition coefficient (Wildman–Crippen LogP) is -1.49. The fourth-order valence-corrected chi connectivity index (χ4v) is 1.71. The van der Waals surface area contributed by atoms with Gasteiger partial charge in [-0.2, -0.15) is 0 Å². The number of carbonyl (C=O) groups is 3. The quantitative estimate of drug-likeness (QED) is 0.321. The first-order valence-electron chi connectivity index (χ1n) is 5.99. The van der Waals surface area contributed by atoms with E-state index in [0.717, 1.165) is 0 Å². The monoisotopic (exact) mass is 275 g/mol. The normalized spacial score (nSPS) is 15.5. The molecule has 8 nitrogen and oxygen atoms in total. The van der Waals surface area contributed by atoms with Gasteiger partial charge >= 0.3 is 11.9 Å². The molecule has 0 bridgehead atoms. The maximum Gasteiger partial charge on any atom is 0.320 e. The van der Waals surface area contributed by atoms with Crippen LogP contribution in [0.15, 0.2) is 0 Å². The number of nitrogens with two attached hydrogens (primary N) is 3. The SMILES string of the molecule is NCCC(CC(N)C(=O)O)C(=O)C(N)CCC(=O)O. The number of carboxylic acids is 2. The zero-order valence-electron chi connectivity index (χ0n) is 10.6. The smallest absolute Gasteiger partial charge is 0.320 e. The molecule has 0 aliphatic carbocycles. The molecular weight excluding hydrogens is 254 g/mol. The second kappa shape index (κ2) is 8.57. The molecule has 0 saturated heterocycles. The van der Waals surface area contributed by atoms with Gasteiger partial charge < -0.3 is 27.4 Å². The highest BCUT2D eigenvalue weighted by Gasteiger charge is 2.27. The van der Waals surface area contributed by atoms with Crippen molar-refractivity contribution in [2.24, 2.45) is 23.1 Å².